The molecule has 2 rings (SSSR count). The van der Waals surface area contributed by atoms with Crippen LogP contribution in [-0.4, -0.2) is 4.92 Å². The lowest BCUT2D eigenvalue weighted by Crippen LogP contribution is -2.08. The van der Waals surface area contributed by atoms with Gasteiger partial charge in [0, 0.05) is 33.5 Å². The highest BCUT2D eigenvalue weighted by molar-refractivity contribution is 7.99. The summed E-state index contributed by atoms with van der Waals surface area (Å²) in [6, 6.07) is 10.5. The van der Waals surface area contributed by atoms with Crippen molar-refractivity contribution in [1.82, 2.24) is 0 Å². The molecule has 0 radical (unpaired) electrons. The number of hydrogen-bond acceptors (Lipinski definition) is 4. The fourth-order valence-electron chi connectivity index (χ4n) is 1.81. The molecule has 0 bridgehead atoms. The van der Waals surface area contributed by atoms with Crippen LogP contribution in [0.1, 0.15) is 18.5 Å². The topological polar surface area (TPSA) is 69.2 Å². The van der Waals surface area contributed by atoms with Crippen LogP contribution in [0, 0.1) is 15.9 Å². The molecule has 4 nitrogen and oxygen atoms in total. The molecule has 0 heterocycles. The molecule has 0 saturated carbocycles. The monoisotopic (exact) mass is 292 g/mol. The minimum Gasteiger partial charge on any atom is -0.324 e. The molecule has 0 aliphatic heterocycles. The van der Waals surface area contributed by atoms with Gasteiger partial charge in [-0.25, -0.2) is 4.39 Å². The van der Waals surface area contributed by atoms with Crippen molar-refractivity contribution >= 4 is 17.4 Å². The average molecular weight is 292 g/mol. The second-order valence-electron chi connectivity index (χ2n) is 4.29. The van der Waals surface area contributed by atoms with Crippen LogP contribution in [0.3, 0.4) is 0 Å². The molecule has 0 aromatic heterocycles. The quantitative estimate of drug-likeness (QED) is 0.685. The number of halogens is 1. The zero-order chi connectivity index (χ0) is 14.7. The molecule has 1 atom stereocenters. The molecular formula is C14H13FN2O2S. The summed E-state index contributed by atoms with van der Waals surface area (Å²) in [5.74, 6) is -0.341. The number of nitrogens with two attached hydrogens (primary N) is 1. The summed E-state index contributed by atoms with van der Waals surface area (Å²) < 4.78 is 13.8. The van der Waals surface area contributed by atoms with Crippen LogP contribution in [0.25, 0.3) is 0 Å². The number of nitrogens with zero attached hydrogens (tertiary/aromatic N) is 1. The van der Waals surface area contributed by atoms with Gasteiger partial charge in [0.15, 0.2) is 0 Å². The van der Waals surface area contributed by atoms with Gasteiger partial charge in [-0.3, -0.25) is 10.1 Å². The maximum atomic E-state index is 13.8. The van der Waals surface area contributed by atoms with E-state index < -0.39 is 11.0 Å². The molecule has 0 saturated heterocycles. The first-order chi connectivity index (χ1) is 9.49. The molecule has 6 heteroatoms. The third-order valence-electron chi connectivity index (χ3n) is 2.74. The van der Waals surface area contributed by atoms with E-state index in [1.165, 1.54) is 30.0 Å². The molecule has 2 aromatic rings. The third kappa shape index (κ3) is 3.15. The smallest absolute Gasteiger partial charge is 0.269 e. The standard InChI is InChI=1S/C14H13FN2O2S/c1-9(16)14-12(15)3-2-4-13(14)20-11-7-5-10(6-8-11)17(18)19/h2-9H,16H2,1H3/t9-/m1/s1. The van der Waals surface area contributed by atoms with E-state index >= 15 is 0 Å². The van der Waals surface area contributed by atoms with Crippen molar-refractivity contribution in [1.29, 1.82) is 0 Å². The van der Waals surface area contributed by atoms with Crippen molar-refractivity contribution in [3.05, 3.63) is 64.0 Å². The minimum atomic E-state index is -0.454. The first-order valence-electron chi connectivity index (χ1n) is 5.95. The summed E-state index contributed by atoms with van der Waals surface area (Å²) in [6.07, 6.45) is 0. The van der Waals surface area contributed by atoms with E-state index in [2.05, 4.69) is 0 Å². The molecular weight excluding hydrogens is 279 g/mol. The Balaban J connectivity index is 2.30. The largest absolute Gasteiger partial charge is 0.324 e. The summed E-state index contributed by atoms with van der Waals surface area (Å²) >= 11 is 1.33. The van der Waals surface area contributed by atoms with Crippen molar-refractivity contribution in [2.45, 2.75) is 22.8 Å². The van der Waals surface area contributed by atoms with E-state index in [9.17, 15) is 14.5 Å². The first-order valence-corrected chi connectivity index (χ1v) is 6.77. The number of nitro benzene ring substituents is 1. The summed E-state index contributed by atoms with van der Waals surface area (Å²) in [5, 5.41) is 10.6. The van der Waals surface area contributed by atoms with Gasteiger partial charge in [-0.05, 0) is 31.2 Å². The molecule has 2 aromatic carbocycles. The number of benzene rings is 2. The van der Waals surface area contributed by atoms with E-state index in [0.29, 0.717) is 10.5 Å². The van der Waals surface area contributed by atoms with Gasteiger partial charge in [-0.15, -0.1) is 0 Å². The van der Waals surface area contributed by atoms with Crippen molar-refractivity contribution in [3.63, 3.8) is 0 Å². The maximum absolute atomic E-state index is 13.8. The van der Waals surface area contributed by atoms with Crippen LogP contribution in [-0.2, 0) is 0 Å². The van der Waals surface area contributed by atoms with Crippen molar-refractivity contribution in [2.75, 3.05) is 0 Å². The SMILES string of the molecule is C[C@@H](N)c1c(F)cccc1Sc1ccc([N+](=O)[O-])cc1. The van der Waals surface area contributed by atoms with Gasteiger partial charge in [0.1, 0.15) is 5.82 Å². The van der Waals surface area contributed by atoms with Gasteiger partial charge in [-0.1, -0.05) is 17.8 Å². The second kappa shape index (κ2) is 6.02. The zero-order valence-corrected chi connectivity index (χ0v) is 11.6. The van der Waals surface area contributed by atoms with Crippen LogP contribution in [0.15, 0.2) is 52.3 Å². The summed E-state index contributed by atoms with van der Waals surface area (Å²) in [6.45, 7) is 1.72. The highest BCUT2D eigenvalue weighted by Gasteiger charge is 2.14. The Bertz CT molecular complexity index is 630. The van der Waals surface area contributed by atoms with E-state index in [4.69, 9.17) is 5.73 Å². The van der Waals surface area contributed by atoms with E-state index in [1.807, 2.05) is 0 Å². The first kappa shape index (κ1) is 14.5. The van der Waals surface area contributed by atoms with Crippen molar-refractivity contribution in [2.24, 2.45) is 5.73 Å². The van der Waals surface area contributed by atoms with Crippen LogP contribution in [0.2, 0.25) is 0 Å². The molecule has 0 aliphatic rings. The Morgan fingerprint density at radius 1 is 1.25 bits per heavy atom. The molecule has 0 aliphatic carbocycles. The number of nitro groups is 1. The number of hydrogen-bond donors (Lipinski definition) is 1. The third-order valence-corrected chi connectivity index (χ3v) is 3.83. The fourth-order valence-corrected chi connectivity index (χ4v) is 2.88. The van der Waals surface area contributed by atoms with Crippen molar-refractivity contribution in [3.8, 4) is 0 Å². The lowest BCUT2D eigenvalue weighted by molar-refractivity contribution is -0.384. The predicted octanol–water partition coefficient (Wildman–Crippen LogP) is 3.90. The second-order valence-corrected chi connectivity index (χ2v) is 5.41. The Labute approximate surface area is 119 Å². The summed E-state index contributed by atoms with van der Waals surface area (Å²) in [7, 11) is 0. The molecule has 2 N–H and O–H groups in total. The molecule has 0 amide bonds. The number of non-ortho nitro benzene ring substituents is 1. The normalized spacial score (nSPS) is 12.2. The van der Waals surface area contributed by atoms with Gasteiger partial charge in [-0.2, -0.15) is 0 Å². The lowest BCUT2D eigenvalue weighted by atomic mass is 10.1. The van der Waals surface area contributed by atoms with Gasteiger partial charge in [0.2, 0.25) is 0 Å². The van der Waals surface area contributed by atoms with Gasteiger partial charge < -0.3 is 5.73 Å². The highest BCUT2D eigenvalue weighted by atomic mass is 32.2. The Kier molecular flexibility index (Phi) is 4.36. The Morgan fingerprint density at radius 3 is 2.45 bits per heavy atom. The number of rotatable bonds is 4. The van der Waals surface area contributed by atoms with Crippen LogP contribution < -0.4 is 5.73 Å². The zero-order valence-electron chi connectivity index (χ0n) is 10.7. The van der Waals surface area contributed by atoms with E-state index in [1.54, 1.807) is 31.2 Å². The van der Waals surface area contributed by atoms with Crippen LogP contribution >= 0.6 is 11.8 Å². The minimum absolute atomic E-state index is 0.0287. The van der Waals surface area contributed by atoms with Gasteiger partial charge in [0.05, 0.1) is 4.92 Å². The highest BCUT2D eigenvalue weighted by Crippen LogP contribution is 2.34. The van der Waals surface area contributed by atoms with Crippen LogP contribution in [0.4, 0.5) is 10.1 Å². The summed E-state index contributed by atoms with van der Waals surface area (Å²) in [5.41, 5.74) is 6.27. The predicted molar refractivity (Wildman–Crippen MR) is 76.2 cm³/mol. The van der Waals surface area contributed by atoms with Crippen LogP contribution in [0.5, 0.6) is 0 Å². The van der Waals surface area contributed by atoms with Gasteiger partial charge in [0.25, 0.3) is 5.69 Å². The average Bonchev–Trinajstić information content (AvgIpc) is 2.39. The molecule has 0 unspecified atom stereocenters. The summed E-state index contributed by atoms with van der Waals surface area (Å²) in [4.78, 5) is 11.6. The van der Waals surface area contributed by atoms with Crippen molar-refractivity contribution < 1.29 is 9.31 Å². The molecule has 104 valence electrons. The Hall–Kier alpha value is -1.92. The maximum Gasteiger partial charge on any atom is 0.269 e. The molecule has 0 spiro atoms. The fraction of sp³-hybridized carbons (Fsp3) is 0.143. The Morgan fingerprint density at radius 2 is 1.90 bits per heavy atom. The van der Waals surface area contributed by atoms with Gasteiger partial charge >= 0.3 is 0 Å². The molecule has 0 fully saturated rings. The van der Waals surface area contributed by atoms with E-state index in [0.717, 1.165) is 4.90 Å². The van der Waals surface area contributed by atoms with E-state index in [-0.39, 0.29) is 11.5 Å². The molecule has 20 heavy (non-hydrogen) atoms. The lowest BCUT2D eigenvalue weighted by Gasteiger charge is -2.13.